The van der Waals surface area contributed by atoms with E-state index in [9.17, 15) is 4.79 Å². The van der Waals surface area contributed by atoms with E-state index in [1.54, 1.807) is 36.3 Å². The zero-order valence-electron chi connectivity index (χ0n) is 14.3. The lowest BCUT2D eigenvalue weighted by Crippen LogP contribution is -3.27. The van der Waals surface area contributed by atoms with Crippen molar-refractivity contribution in [2.24, 2.45) is 0 Å². The summed E-state index contributed by atoms with van der Waals surface area (Å²) in [6.07, 6.45) is -0.0876. The van der Waals surface area contributed by atoms with Crippen molar-refractivity contribution < 1.29 is 28.8 Å². The van der Waals surface area contributed by atoms with Gasteiger partial charge in [0.1, 0.15) is 50.3 Å². The molecule has 0 saturated carbocycles. The third kappa shape index (κ3) is 6.08. The molecule has 0 bridgehead atoms. The van der Waals surface area contributed by atoms with Gasteiger partial charge in [-0.15, -0.1) is 0 Å². The molecule has 1 aliphatic heterocycles. The van der Waals surface area contributed by atoms with Crippen molar-refractivity contribution in [3.63, 3.8) is 0 Å². The van der Waals surface area contributed by atoms with Crippen LogP contribution in [0.1, 0.15) is 6.92 Å². The van der Waals surface area contributed by atoms with Gasteiger partial charge in [0.2, 0.25) is 0 Å². The fourth-order valence-corrected chi connectivity index (χ4v) is 2.76. The van der Waals surface area contributed by atoms with Gasteiger partial charge < -0.3 is 24.0 Å². The molecule has 1 aliphatic rings. The van der Waals surface area contributed by atoms with Crippen LogP contribution < -0.4 is 19.3 Å². The molecule has 23 heavy (non-hydrogen) atoms. The first-order valence-electron chi connectivity index (χ1n) is 8.18. The zero-order valence-corrected chi connectivity index (χ0v) is 14.3. The fourth-order valence-electron chi connectivity index (χ4n) is 2.76. The summed E-state index contributed by atoms with van der Waals surface area (Å²) in [5.41, 5.74) is 0. The molecular weight excluding hydrogens is 296 g/mol. The zero-order chi connectivity index (χ0) is 16.7. The monoisotopic (exact) mass is 324 g/mol. The highest BCUT2D eigenvalue weighted by atomic mass is 16.6. The van der Waals surface area contributed by atoms with Crippen LogP contribution in [0.4, 0.5) is 0 Å². The van der Waals surface area contributed by atoms with Gasteiger partial charge in [0.15, 0.2) is 6.61 Å². The number of rotatable bonds is 7. The van der Waals surface area contributed by atoms with Gasteiger partial charge in [-0.05, 0) is 31.2 Å². The Morgan fingerprint density at radius 1 is 1.13 bits per heavy atom. The number of ether oxygens (including phenoxy) is 3. The molecule has 2 rings (SSSR count). The lowest BCUT2D eigenvalue weighted by atomic mass is 10.3. The van der Waals surface area contributed by atoms with Crippen LogP contribution in [-0.2, 0) is 9.53 Å². The first kappa shape index (κ1) is 17.6. The van der Waals surface area contributed by atoms with E-state index < -0.39 is 0 Å². The smallest absolute Gasteiger partial charge is 0.344 e. The SMILES string of the molecule is COc1ccc(OCC(=O)O[C@@H](C)C[NH+]2CC[NH+](C)CC2)cc1. The number of hydrogen-bond acceptors (Lipinski definition) is 4. The van der Waals surface area contributed by atoms with Crippen molar-refractivity contribution in [3.05, 3.63) is 24.3 Å². The van der Waals surface area contributed by atoms with Crippen molar-refractivity contribution in [2.75, 3.05) is 53.5 Å². The Bertz CT molecular complexity index is 484. The topological polar surface area (TPSA) is 53.6 Å². The van der Waals surface area contributed by atoms with E-state index in [0.717, 1.165) is 25.4 Å². The van der Waals surface area contributed by atoms with E-state index in [4.69, 9.17) is 14.2 Å². The summed E-state index contributed by atoms with van der Waals surface area (Å²) in [5, 5.41) is 0. The summed E-state index contributed by atoms with van der Waals surface area (Å²) < 4.78 is 15.9. The van der Waals surface area contributed by atoms with E-state index in [2.05, 4.69) is 7.05 Å². The maximum Gasteiger partial charge on any atom is 0.344 e. The Hall–Kier alpha value is -1.79. The first-order chi connectivity index (χ1) is 11.1. The number of hydrogen-bond donors (Lipinski definition) is 2. The normalized spacial score (nSPS) is 22.2. The second-order valence-corrected chi connectivity index (χ2v) is 6.18. The Kier molecular flexibility index (Phi) is 6.67. The molecule has 0 aliphatic carbocycles. The highest BCUT2D eigenvalue weighted by Crippen LogP contribution is 2.16. The molecule has 0 amide bonds. The summed E-state index contributed by atoms with van der Waals surface area (Å²) in [6, 6.07) is 7.13. The molecule has 2 N–H and O–H groups in total. The maximum atomic E-state index is 11.9. The summed E-state index contributed by atoms with van der Waals surface area (Å²) in [6.45, 7) is 7.36. The van der Waals surface area contributed by atoms with Crippen LogP contribution >= 0.6 is 0 Å². The van der Waals surface area contributed by atoms with Crippen LogP contribution in [-0.4, -0.2) is 65.6 Å². The summed E-state index contributed by atoms with van der Waals surface area (Å²) in [5.74, 6) is 1.06. The highest BCUT2D eigenvalue weighted by Gasteiger charge is 2.23. The lowest BCUT2D eigenvalue weighted by Gasteiger charge is -2.28. The highest BCUT2D eigenvalue weighted by molar-refractivity contribution is 5.71. The molecule has 0 aromatic heterocycles. The third-order valence-corrected chi connectivity index (χ3v) is 4.14. The molecule has 1 aromatic rings. The largest absolute Gasteiger partial charge is 0.497 e. The molecule has 1 aromatic carbocycles. The van der Waals surface area contributed by atoms with E-state index in [1.807, 2.05) is 6.92 Å². The molecule has 6 nitrogen and oxygen atoms in total. The van der Waals surface area contributed by atoms with Crippen molar-refractivity contribution >= 4 is 5.97 Å². The number of carbonyl (C=O) groups is 1. The standard InChI is InChI=1S/C17H26N2O4/c1-14(12-19-10-8-18(2)9-11-19)23-17(20)13-22-16-6-4-15(21-3)5-7-16/h4-7,14H,8-13H2,1-3H3/p+2/t14-/m0/s1. The number of esters is 1. The van der Waals surface area contributed by atoms with Gasteiger partial charge in [0, 0.05) is 0 Å². The van der Waals surface area contributed by atoms with Crippen LogP contribution in [0.3, 0.4) is 0 Å². The van der Waals surface area contributed by atoms with Crippen molar-refractivity contribution in [3.8, 4) is 11.5 Å². The van der Waals surface area contributed by atoms with E-state index in [-0.39, 0.29) is 18.7 Å². The van der Waals surface area contributed by atoms with Crippen molar-refractivity contribution in [2.45, 2.75) is 13.0 Å². The van der Waals surface area contributed by atoms with Gasteiger partial charge in [-0.2, -0.15) is 0 Å². The predicted molar refractivity (Wildman–Crippen MR) is 86.2 cm³/mol. The Balaban J connectivity index is 1.67. The number of benzene rings is 1. The minimum absolute atomic E-state index is 0.0705. The first-order valence-corrected chi connectivity index (χ1v) is 8.18. The number of methoxy groups -OCH3 is 1. The summed E-state index contributed by atoms with van der Waals surface area (Å²) in [7, 11) is 3.83. The second kappa shape index (κ2) is 8.74. The number of carbonyl (C=O) groups excluding carboxylic acids is 1. The number of nitrogens with one attached hydrogen (secondary N) is 2. The van der Waals surface area contributed by atoms with E-state index >= 15 is 0 Å². The van der Waals surface area contributed by atoms with Crippen LogP contribution in [0, 0.1) is 0 Å². The molecule has 6 heteroatoms. The molecule has 0 unspecified atom stereocenters. The Morgan fingerprint density at radius 2 is 1.74 bits per heavy atom. The van der Waals surface area contributed by atoms with Gasteiger partial charge in [0.25, 0.3) is 0 Å². The summed E-state index contributed by atoms with van der Waals surface area (Å²) in [4.78, 5) is 14.9. The van der Waals surface area contributed by atoms with Crippen LogP contribution in [0.25, 0.3) is 0 Å². The Morgan fingerprint density at radius 3 is 2.35 bits per heavy atom. The number of quaternary nitrogens is 2. The fraction of sp³-hybridized carbons (Fsp3) is 0.588. The Labute approximate surface area is 137 Å². The third-order valence-electron chi connectivity index (χ3n) is 4.14. The van der Waals surface area contributed by atoms with Gasteiger partial charge >= 0.3 is 5.97 Å². The molecule has 1 atom stereocenters. The van der Waals surface area contributed by atoms with Crippen molar-refractivity contribution in [1.82, 2.24) is 0 Å². The average molecular weight is 324 g/mol. The molecule has 0 spiro atoms. The van der Waals surface area contributed by atoms with Gasteiger partial charge in [-0.25, -0.2) is 4.79 Å². The molecular formula is C17H28N2O4+2. The van der Waals surface area contributed by atoms with Gasteiger partial charge in [-0.1, -0.05) is 0 Å². The lowest BCUT2D eigenvalue weighted by molar-refractivity contribution is -1.00. The molecule has 128 valence electrons. The van der Waals surface area contributed by atoms with Crippen LogP contribution in [0.2, 0.25) is 0 Å². The average Bonchev–Trinajstić information content (AvgIpc) is 2.55. The molecule has 0 radical (unpaired) electrons. The van der Waals surface area contributed by atoms with Gasteiger partial charge in [0.05, 0.1) is 14.2 Å². The molecule has 1 fully saturated rings. The predicted octanol–water partition coefficient (Wildman–Crippen LogP) is -1.58. The van der Waals surface area contributed by atoms with Gasteiger partial charge in [-0.3, -0.25) is 0 Å². The molecule has 1 saturated heterocycles. The maximum absolute atomic E-state index is 11.9. The minimum atomic E-state index is -0.326. The van der Waals surface area contributed by atoms with E-state index in [0.29, 0.717) is 5.75 Å². The number of likely N-dealkylation sites (N-methyl/N-ethyl adjacent to an activating group) is 1. The van der Waals surface area contributed by atoms with Crippen LogP contribution in [0.15, 0.2) is 24.3 Å². The molecule has 1 heterocycles. The second-order valence-electron chi connectivity index (χ2n) is 6.18. The van der Waals surface area contributed by atoms with E-state index in [1.165, 1.54) is 18.0 Å². The minimum Gasteiger partial charge on any atom is -0.497 e. The summed E-state index contributed by atoms with van der Waals surface area (Å²) >= 11 is 0. The van der Waals surface area contributed by atoms with Crippen LogP contribution in [0.5, 0.6) is 11.5 Å². The number of piperazine rings is 1. The van der Waals surface area contributed by atoms with Crippen molar-refractivity contribution in [1.29, 1.82) is 0 Å². The quantitative estimate of drug-likeness (QED) is 0.595.